The van der Waals surface area contributed by atoms with Crippen LogP contribution in [0.2, 0.25) is 0 Å². The SMILES string of the molecule is CNC(CCCC(=O)O)c1c(C)cc(C)cc1C. The normalized spacial score (nSPS) is 12.4. The number of hydrogen-bond acceptors (Lipinski definition) is 2. The van der Waals surface area contributed by atoms with E-state index in [1.807, 2.05) is 7.05 Å². The number of benzene rings is 1. The highest BCUT2D eigenvalue weighted by Crippen LogP contribution is 2.26. The molecule has 0 spiro atoms. The van der Waals surface area contributed by atoms with Crippen LogP contribution in [0.15, 0.2) is 12.1 Å². The van der Waals surface area contributed by atoms with Gasteiger partial charge in [0.05, 0.1) is 0 Å². The number of aliphatic carboxylic acids is 1. The molecule has 0 aliphatic heterocycles. The molecular weight excluding hydrogens is 226 g/mol. The highest BCUT2D eigenvalue weighted by molar-refractivity contribution is 5.66. The highest BCUT2D eigenvalue weighted by atomic mass is 16.4. The van der Waals surface area contributed by atoms with Crippen molar-refractivity contribution >= 4 is 5.97 Å². The highest BCUT2D eigenvalue weighted by Gasteiger charge is 2.15. The van der Waals surface area contributed by atoms with Gasteiger partial charge in [0.1, 0.15) is 0 Å². The lowest BCUT2D eigenvalue weighted by Gasteiger charge is -2.21. The molecule has 0 aliphatic carbocycles. The van der Waals surface area contributed by atoms with Crippen LogP contribution in [0.1, 0.15) is 47.6 Å². The van der Waals surface area contributed by atoms with Gasteiger partial charge in [-0.1, -0.05) is 17.7 Å². The second-order valence-corrected chi connectivity index (χ2v) is 4.94. The van der Waals surface area contributed by atoms with Gasteiger partial charge in [0.2, 0.25) is 0 Å². The van der Waals surface area contributed by atoms with E-state index in [4.69, 9.17) is 5.11 Å². The molecule has 100 valence electrons. The lowest BCUT2D eigenvalue weighted by Crippen LogP contribution is -2.19. The van der Waals surface area contributed by atoms with E-state index >= 15 is 0 Å². The molecular formula is C15H23NO2. The summed E-state index contributed by atoms with van der Waals surface area (Å²) >= 11 is 0. The van der Waals surface area contributed by atoms with E-state index in [1.54, 1.807) is 0 Å². The number of nitrogens with one attached hydrogen (secondary N) is 1. The lowest BCUT2D eigenvalue weighted by atomic mass is 9.91. The van der Waals surface area contributed by atoms with Gasteiger partial charge in [0, 0.05) is 12.5 Å². The van der Waals surface area contributed by atoms with Crippen LogP contribution >= 0.6 is 0 Å². The molecule has 0 bridgehead atoms. The molecule has 1 aromatic carbocycles. The molecule has 1 rings (SSSR count). The maximum Gasteiger partial charge on any atom is 0.303 e. The Morgan fingerprint density at radius 1 is 1.28 bits per heavy atom. The van der Waals surface area contributed by atoms with E-state index in [-0.39, 0.29) is 12.5 Å². The third-order valence-electron chi connectivity index (χ3n) is 3.32. The molecule has 1 unspecified atom stereocenters. The number of aryl methyl sites for hydroxylation is 3. The summed E-state index contributed by atoms with van der Waals surface area (Å²) in [7, 11) is 1.93. The first-order chi connectivity index (χ1) is 8.45. The quantitative estimate of drug-likeness (QED) is 0.814. The molecule has 0 radical (unpaired) electrons. The van der Waals surface area contributed by atoms with Crippen molar-refractivity contribution in [2.45, 2.75) is 46.1 Å². The fourth-order valence-corrected chi connectivity index (χ4v) is 2.63. The standard InChI is InChI=1S/C15H23NO2/c1-10-8-11(2)15(12(3)9-10)13(16-4)6-5-7-14(17)18/h8-9,13,16H,5-7H2,1-4H3,(H,17,18). The molecule has 18 heavy (non-hydrogen) atoms. The first-order valence-electron chi connectivity index (χ1n) is 6.42. The van der Waals surface area contributed by atoms with E-state index in [1.165, 1.54) is 22.3 Å². The minimum absolute atomic E-state index is 0.238. The van der Waals surface area contributed by atoms with Crippen molar-refractivity contribution in [1.82, 2.24) is 5.32 Å². The average Bonchev–Trinajstić information content (AvgIpc) is 2.25. The molecule has 0 saturated carbocycles. The summed E-state index contributed by atoms with van der Waals surface area (Å²) in [5.41, 5.74) is 5.15. The molecule has 0 amide bonds. The minimum atomic E-state index is -0.720. The fourth-order valence-electron chi connectivity index (χ4n) is 2.63. The molecule has 0 aliphatic rings. The number of carboxylic acid groups (broad SMARTS) is 1. The lowest BCUT2D eigenvalue weighted by molar-refractivity contribution is -0.137. The van der Waals surface area contributed by atoms with Crippen molar-refractivity contribution in [1.29, 1.82) is 0 Å². The Morgan fingerprint density at radius 2 is 1.83 bits per heavy atom. The predicted octanol–water partition coefficient (Wildman–Crippen LogP) is 3.13. The summed E-state index contributed by atoms with van der Waals surface area (Å²) in [6.07, 6.45) is 1.79. The average molecular weight is 249 g/mol. The Hall–Kier alpha value is -1.35. The van der Waals surface area contributed by atoms with Gasteiger partial charge >= 0.3 is 5.97 Å². The Balaban J connectivity index is 2.85. The topological polar surface area (TPSA) is 49.3 Å². The Morgan fingerprint density at radius 3 is 2.28 bits per heavy atom. The zero-order valence-electron chi connectivity index (χ0n) is 11.7. The third kappa shape index (κ3) is 3.84. The van der Waals surface area contributed by atoms with Gasteiger partial charge in [-0.05, 0) is 57.4 Å². The summed E-state index contributed by atoms with van der Waals surface area (Å²) in [6, 6.07) is 4.61. The fraction of sp³-hybridized carbons (Fsp3) is 0.533. The Bertz CT molecular complexity index is 403. The van der Waals surface area contributed by atoms with Crippen LogP contribution in [0.25, 0.3) is 0 Å². The van der Waals surface area contributed by atoms with Gasteiger partial charge < -0.3 is 10.4 Å². The van der Waals surface area contributed by atoms with Crippen molar-refractivity contribution in [2.75, 3.05) is 7.05 Å². The number of carboxylic acids is 1. The maximum absolute atomic E-state index is 10.6. The zero-order chi connectivity index (χ0) is 13.7. The monoisotopic (exact) mass is 249 g/mol. The summed E-state index contributed by atoms with van der Waals surface area (Å²) in [4.78, 5) is 10.6. The van der Waals surface area contributed by atoms with Crippen LogP contribution in [0.5, 0.6) is 0 Å². The first-order valence-corrected chi connectivity index (χ1v) is 6.42. The van der Waals surface area contributed by atoms with Crippen LogP contribution in [-0.4, -0.2) is 18.1 Å². The Kier molecular flexibility index (Phi) is 5.35. The molecule has 0 heterocycles. The van der Waals surface area contributed by atoms with Crippen LogP contribution in [0.4, 0.5) is 0 Å². The van der Waals surface area contributed by atoms with E-state index in [0.717, 1.165) is 6.42 Å². The van der Waals surface area contributed by atoms with Crippen molar-refractivity contribution in [3.63, 3.8) is 0 Å². The van der Waals surface area contributed by atoms with Gasteiger partial charge in [0.15, 0.2) is 0 Å². The molecule has 0 aromatic heterocycles. The van der Waals surface area contributed by atoms with Crippen LogP contribution in [-0.2, 0) is 4.79 Å². The van der Waals surface area contributed by atoms with Gasteiger partial charge in [-0.25, -0.2) is 0 Å². The maximum atomic E-state index is 10.6. The van der Waals surface area contributed by atoms with E-state index in [9.17, 15) is 4.79 Å². The van der Waals surface area contributed by atoms with Gasteiger partial charge in [0.25, 0.3) is 0 Å². The van der Waals surface area contributed by atoms with Crippen LogP contribution in [0.3, 0.4) is 0 Å². The molecule has 2 N–H and O–H groups in total. The number of carbonyl (C=O) groups is 1. The van der Waals surface area contributed by atoms with E-state index < -0.39 is 5.97 Å². The third-order valence-corrected chi connectivity index (χ3v) is 3.32. The Labute approximate surface area is 109 Å². The van der Waals surface area contributed by atoms with Crippen LogP contribution < -0.4 is 5.32 Å². The molecule has 1 aromatic rings. The second-order valence-electron chi connectivity index (χ2n) is 4.94. The molecule has 1 atom stereocenters. The van der Waals surface area contributed by atoms with Crippen molar-refractivity contribution in [3.8, 4) is 0 Å². The van der Waals surface area contributed by atoms with Crippen molar-refractivity contribution < 1.29 is 9.90 Å². The summed E-state index contributed by atoms with van der Waals surface area (Å²) in [6.45, 7) is 6.34. The largest absolute Gasteiger partial charge is 0.481 e. The summed E-state index contributed by atoms with van der Waals surface area (Å²) in [5.74, 6) is -0.720. The second kappa shape index (κ2) is 6.55. The van der Waals surface area contributed by atoms with Gasteiger partial charge in [-0.15, -0.1) is 0 Å². The molecule has 3 nitrogen and oxygen atoms in total. The van der Waals surface area contributed by atoms with Crippen molar-refractivity contribution in [3.05, 3.63) is 34.4 Å². The summed E-state index contributed by atoms with van der Waals surface area (Å²) in [5, 5.41) is 12.0. The van der Waals surface area contributed by atoms with E-state index in [0.29, 0.717) is 6.42 Å². The molecule has 3 heteroatoms. The molecule has 0 fully saturated rings. The van der Waals surface area contributed by atoms with Gasteiger partial charge in [-0.2, -0.15) is 0 Å². The molecule has 0 saturated heterocycles. The van der Waals surface area contributed by atoms with Crippen LogP contribution in [0, 0.1) is 20.8 Å². The predicted molar refractivity (Wildman–Crippen MR) is 73.9 cm³/mol. The minimum Gasteiger partial charge on any atom is -0.481 e. The number of rotatable bonds is 6. The zero-order valence-corrected chi connectivity index (χ0v) is 11.7. The van der Waals surface area contributed by atoms with Crippen molar-refractivity contribution in [2.24, 2.45) is 0 Å². The van der Waals surface area contributed by atoms with Gasteiger partial charge in [-0.3, -0.25) is 4.79 Å². The van der Waals surface area contributed by atoms with E-state index in [2.05, 4.69) is 38.2 Å². The first kappa shape index (κ1) is 14.7. The summed E-state index contributed by atoms with van der Waals surface area (Å²) < 4.78 is 0. The smallest absolute Gasteiger partial charge is 0.303 e. The number of hydrogen-bond donors (Lipinski definition) is 2.